The molecular formula is C59H63IrN3OSi. The van der Waals surface area contributed by atoms with Gasteiger partial charge in [0.15, 0.2) is 0 Å². The van der Waals surface area contributed by atoms with Crippen LogP contribution in [0.2, 0.25) is 19.6 Å². The van der Waals surface area contributed by atoms with E-state index in [9.17, 15) is 0 Å². The second-order valence-electron chi connectivity index (χ2n) is 20.3. The third kappa shape index (κ3) is 13.2. The Hall–Kier alpha value is -5.78. The summed E-state index contributed by atoms with van der Waals surface area (Å²) in [4.78, 5) is 13.7. The number of para-hydroxylation sites is 1. The monoisotopic (exact) mass is 1050 g/mol. The quantitative estimate of drug-likeness (QED) is 0.149. The van der Waals surface area contributed by atoms with Crippen molar-refractivity contribution in [2.75, 3.05) is 0 Å². The second-order valence-corrected chi connectivity index (χ2v) is 25.3. The van der Waals surface area contributed by atoms with E-state index < -0.39 is 8.07 Å². The van der Waals surface area contributed by atoms with Gasteiger partial charge in [-0.3, -0.25) is 15.0 Å². The van der Waals surface area contributed by atoms with Crippen molar-refractivity contribution in [1.82, 2.24) is 15.0 Å². The van der Waals surface area contributed by atoms with Crippen molar-refractivity contribution in [3.63, 3.8) is 0 Å². The molecule has 4 aromatic heterocycles. The van der Waals surface area contributed by atoms with Crippen LogP contribution in [0.1, 0.15) is 58.2 Å². The minimum Gasteiger partial charge on any atom is -0.455 e. The van der Waals surface area contributed by atoms with Crippen LogP contribution in [0.3, 0.4) is 0 Å². The molecule has 0 unspecified atom stereocenters. The third-order valence-electron chi connectivity index (χ3n) is 11.0. The minimum atomic E-state index is -1.36. The van der Waals surface area contributed by atoms with Gasteiger partial charge in [0.1, 0.15) is 11.2 Å². The van der Waals surface area contributed by atoms with Crippen molar-refractivity contribution in [2.24, 2.45) is 10.8 Å². The molecule has 0 spiro atoms. The number of aromatic nitrogens is 3. The van der Waals surface area contributed by atoms with Crippen LogP contribution in [0.4, 0.5) is 0 Å². The van der Waals surface area contributed by atoms with E-state index in [1.807, 2.05) is 48.8 Å². The van der Waals surface area contributed by atoms with Gasteiger partial charge in [0.2, 0.25) is 0 Å². The molecule has 5 aromatic carbocycles. The molecule has 0 amide bonds. The first kappa shape index (κ1) is 48.7. The molecule has 0 fully saturated rings. The van der Waals surface area contributed by atoms with Gasteiger partial charge in [0.25, 0.3) is 0 Å². The van der Waals surface area contributed by atoms with Gasteiger partial charge in [-0.2, -0.15) is 0 Å². The molecule has 0 aliphatic carbocycles. The normalized spacial score (nSPS) is 11.5. The molecule has 9 aromatic rings. The summed E-state index contributed by atoms with van der Waals surface area (Å²) in [6.07, 6.45) is 8.04. The largest absolute Gasteiger partial charge is 0.455 e. The number of pyridine rings is 3. The number of rotatable bonds is 7. The maximum absolute atomic E-state index is 6.28. The maximum atomic E-state index is 6.28. The minimum absolute atomic E-state index is 0. The molecular weight excluding hydrogens is 987 g/mol. The number of benzene rings is 5. The number of hydrogen-bond donors (Lipinski definition) is 0. The molecule has 6 heteroatoms. The summed E-state index contributed by atoms with van der Waals surface area (Å²) in [5, 5.41) is 3.75. The van der Waals surface area contributed by atoms with Crippen molar-refractivity contribution >= 4 is 35.2 Å². The van der Waals surface area contributed by atoms with Gasteiger partial charge >= 0.3 is 0 Å². The zero-order valence-corrected chi connectivity index (χ0v) is 43.1. The van der Waals surface area contributed by atoms with Gasteiger partial charge in [-0.05, 0) is 107 Å². The van der Waals surface area contributed by atoms with Crippen molar-refractivity contribution in [1.29, 1.82) is 0 Å². The van der Waals surface area contributed by atoms with E-state index in [4.69, 9.17) is 9.40 Å². The van der Waals surface area contributed by atoms with Crippen LogP contribution in [0.5, 0.6) is 0 Å². The Bertz CT molecular complexity index is 2930. The van der Waals surface area contributed by atoms with E-state index in [1.165, 1.54) is 38.6 Å². The molecule has 0 saturated heterocycles. The fraction of sp³-hybridized carbons (Fsp3) is 0.237. The summed E-state index contributed by atoms with van der Waals surface area (Å²) in [6.45, 7) is 23.0. The van der Waals surface area contributed by atoms with E-state index in [0.717, 1.165) is 63.0 Å². The van der Waals surface area contributed by atoms with Crippen molar-refractivity contribution in [3.8, 4) is 44.9 Å². The zero-order valence-electron chi connectivity index (χ0n) is 39.7. The van der Waals surface area contributed by atoms with Gasteiger partial charge in [-0.25, -0.2) is 0 Å². The molecule has 0 N–H and O–H groups in total. The van der Waals surface area contributed by atoms with E-state index in [0.29, 0.717) is 10.8 Å². The maximum Gasteiger partial charge on any atom is 0.144 e. The molecule has 0 aliphatic heterocycles. The topological polar surface area (TPSA) is 51.8 Å². The van der Waals surface area contributed by atoms with Crippen LogP contribution in [-0.2, 0) is 32.9 Å². The van der Waals surface area contributed by atoms with Crippen molar-refractivity contribution < 1.29 is 24.5 Å². The first-order valence-electron chi connectivity index (χ1n) is 22.5. The van der Waals surface area contributed by atoms with E-state index in [1.54, 1.807) is 0 Å². The van der Waals surface area contributed by atoms with Gasteiger partial charge in [0, 0.05) is 66.2 Å². The predicted octanol–water partition coefficient (Wildman–Crippen LogP) is 15.8. The van der Waals surface area contributed by atoms with Crippen LogP contribution < -0.4 is 5.19 Å². The van der Waals surface area contributed by atoms with Gasteiger partial charge in [0.05, 0.1) is 25.2 Å². The summed E-state index contributed by atoms with van der Waals surface area (Å²) in [5.74, 6) is 0. The Kier molecular flexibility index (Phi) is 15.7. The summed E-state index contributed by atoms with van der Waals surface area (Å²) >= 11 is 0. The molecule has 333 valence electrons. The number of hydrogen-bond acceptors (Lipinski definition) is 4. The predicted molar refractivity (Wildman–Crippen MR) is 276 cm³/mol. The summed E-state index contributed by atoms with van der Waals surface area (Å²) in [5.41, 5.74) is 15.4. The first-order chi connectivity index (χ1) is 30.5. The Labute approximate surface area is 402 Å². The third-order valence-corrected chi connectivity index (χ3v) is 13.1. The molecule has 0 bridgehead atoms. The van der Waals surface area contributed by atoms with Crippen LogP contribution >= 0.6 is 0 Å². The van der Waals surface area contributed by atoms with Gasteiger partial charge in [-0.15, -0.1) is 0 Å². The second kappa shape index (κ2) is 21.0. The van der Waals surface area contributed by atoms with Crippen LogP contribution in [0.15, 0.2) is 181 Å². The van der Waals surface area contributed by atoms with Gasteiger partial charge in [-0.1, -0.05) is 176 Å². The van der Waals surface area contributed by atoms with E-state index >= 15 is 0 Å². The van der Waals surface area contributed by atoms with Crippen LogP contribution in [-0.4, -0.2) is 23.0 Å². The zero-order chi connectivity index (χ0) is 45.5. The average Bonchev–Trinajstić information content (AvgIpc) is 3.65. The van der Waals surface area contributed by atoms with E-state index in [2.05, 4.69) is 206 Å². The van der Waals surface area contributed by atoms with Crippen LogP contribution in [0.25, 0.3) is 66.8 Å². The Balaban J connectivity index is 0.000000164. The molecule has 4 heterocycles. The Morgan fingerprint density at radius 1 is 0.492 bits per heavy atom. The fourth-order valence-corrected chi connectivity index (χ4v) is 9.64. The van der Waals surface area contributed by atoms with Crippen molar-refractivity contribution in [2.45, 2.75) is 80.9 Å². The molecule has 9 rings (SSSR count). The first-order valence-corrected chi connectivity index (χ1v) is 26.0. The van der Waals surface area contributed by atoms with Crippen molar-refractivity contribution in [3.05, 3.63) is 193 Å². The summed E-state index contributed by atoms with van der Waals surface area (Å²) in [6, 6.07) is 54.6. The molecule has 65 heavy (non-hydrogen) atoms. The molecule has 4 nitrogen and oxygen atoms in total. The number of nitrogens with zero attached hydrogens (tertiary/aromatic N) is 3. The molecule has 0 atom stereocenters. The smallest absolute Gasteiger partial charge is 0.144 e. The number of furan rings is 1. The van der Waals surface area contributed by atoms with Gasteiger partial charge < -0.3 is 4.42 Å². The fourth-order valence-electron chi connectivity index (χ4n) is 8.07. The average molecular weight is 1050 g/mol. The Morgan fingerprint density at radius 2 is 1.09 bits per heavy atom. The SMILES string of the molecule is CC(C)(C)Cc1cc(-c2ccccc2)ncc1[Si](C)(C)C.CC(C)(C)Cc1ccnc(-c2ccccc2)c1.Cc1ccc(-c2ccc3c(c2)oc2c(-c4ccccn4)cccc23)cc1.[Ir]. The number of fused-ring (bicyclic) bond motifs is 3. The van der Waals surface area contributed by atoms with Crippen LogP contribution in [0, 0.1) is 17.8 Å². The number of aryl methyl sites for hydroxylation is 1. The summed E-state index contributed by atoms with van der Waals surface area (Å²) < 4.78 is 6.28. The standard InChI is InChI=1S/C24H17NO.C19H27NSi.C16H19N.Ir/c1-16-8-10-17(11-9-16)18-12-13-19-20-5-4-6-21(22-7-2-3-14-25-22)24(20)26-23(19)15-18;1-19(2,3)13-16-12-17(15-10-8-7-9-11-15)20-14-18(16)21(4,5)6;1-16(2,3)12-13-9-10-17-15(11-13)14-7-5-4-6-8-14;/h2-15H,1H3;7-12,14H,13H2,1-6H3;4-11H,12H2,1-3H3;. The Morgan fingerprint density at radius 3 is 1.69 bits per heavy atom. The molecule has 0 aliphatic rings. The molecule has 0 saturated carbocycles. The summed E-state index contributed by atoms with van der Waals surface area (Å²) in [7, 11) is -1.36. The van der Waals surface area contributed by atoms with E-state index in [-0.39, 0.29) is 20.1 Å². The molecule has 1 radical (unpaired) electrons.